The zero-order valence-corrected chi connectivity index (χ0v) is 9.01. The lowest BCUT2D eigenvalue weighted by atomic mass is 10.2. The van der Waals surface area contributed by atoms with Crippen LogP contribution in [0.2, 0.25) is 0 Å². The molecular weight excluding hydrogens is 234 g/mol. The molecular formula is C9H10BrNO2. The highest BCUT2D eigenvalue weighted by Crippen LogP contribution is 2.23. The van der Waals surface area contributed by atoms with E-state index in [4.69, 9.17) is 0 Å². The van der Waals surface area contributed by atoms with E-state index in [1.807, 2.05) is 25.1 Å². The highest BCUT2D eigenvalue weighted by molar-refractivity contribution is 9.10. The number of methoxy groups -OCH3 is 1. The number of anilines is 1. The molecule has 0 aliphatic heterocycles. The average molecular weight is 244 g/mol. The highest BCUT2D eigenvalue weighted by atomic mass is 79.9. The molecule has 0 fully saturated rings. The zero-order valence-electron chi connectivity index (χ0n) is 7.43. The van der Waals surface area contributed by atoms with Gasteiger partial charge in [-0.3, -0.25) is 5.32 Å². The van der Waals surface area contributed by atoms with E-state index < -0.39 is 6.09 Å². The second-order valence-corrected chi connectivity index (χ2v) is 3.45. The van der Waals surface area contributed by atoms with Gasteiger partial charge in [0.05, 0.1) is 12.8 Å². The Hall–Kier alpha value is -1.03. The molecule has 0 saturated heterocycles. The molecule has 4 heteroatoms. The van der Waals surface area contributed by atoms with Crippen LogP contribution in [-0.2, 0) is 4.74 Å². The van der Waals surface area contributed by atoms with Crippen molar-refractivity contribution in [2.24, 2.45) is 0 Å². The first kappa shape index (κ1) is 10.1. The maximum absolute atomic E-state index is 10.9. The molecule has 0 heterocycles. The Labute approximate surface area is 85.2 Å². The second kappa shape index (κ2) is 4.28. The Kier molecular flexibility index (Phi) is 3.31. The van der Waals surface area contributed by atoms with Crippen LogP contribution in [-0.4, -0.2) is 13.2 Å². The summed E-state index contributed by atoms with van der Waals surface area (Å²) in [5.74, 6) is 0. The molecule has 0 aromatic heterocycles. The minimum Gasteiger partial charge on any atom is -0.453 e. The predicted molar refractivity (Wildman–Crippen MR) is 54.9 cm³/mol. The summed E-state index contributed by atoms with van der Waals surface area (Å²) in [5.41, 5.74) is 1.79. The quantitative estimate of drug-likeness (QED) is 0.824. The molecule has 0 bridgehead atoms. The molecule has 1 aromatic rings. The number of halogens is 1. The van der Waals surface area contributed by atoms with Gasteiger partial charge in [0.25, 0.3) is 0 Å². The summed E-state index contributed by atoms with van der Waals surface area (Å²) in [7, 11) is 1.33. The average Bonchev–Trinajstić information content (AvgIpc) is 2.11. The van der Waals surface area contributed by atoms with Gasteiger partial charge in [-0.2, -0.15) is 0 Å². The highest BCUT2D eigenvalue weighted by Gasteiger charge is 2.04. The molecule has 0 saturated carbocycles. The molecule has 3 nitrogen and oxygen atoms in total. The topological polar surface area (TPSA) is 38.3 Å². The first-order valence-electron chi connectivity index (χ1n) is 3.74. The van der Waals surface area contributed by atoms with Crippen LogP contribution in [0.15, 0.2) is 22.7 Å². The van der Waals surface area contributed by atoms with E-state index in [1.54, 1.807) is 0 Å². The van der Waals surface area contributed by atoms with Gasteiger partial charge >= 0.3 is 6.09 Å². The van der Waals surface area contributed by atoms with Crippen LogP contribution in [0.4, 0.5) is 10.5 Å². The van der Waals surface area contributed by atoms with Gasteiger partial charge < -0.3 is 4.74 Å². The summed E-state index contributed by atoms with van der Waals surface area (Å²) in [6.07, 6.45) is -0.466. The summed E-state index contributed by atoms with van der Waals surface area (Å²) < 4.78 is 5.31. The van der Waals surface area contributed by atoms with E-state index in [9.17, 15) is 4.79 Å². The third-order valence-electron chi connectivity index (χ3n) is 1.54. The number of aryl methyl sites for hydroxylation is 1. The van der Waals surface area contributed by atoms with Crippen LogP contribution in [0.25, 0.3) is 0 Å². The number of hydrogen-bond donors (Lipinski definition) is 1. The third kappa shape index (κ3) is 2.73. The van der Waals surface area contributed by atoms with E-state index >= 15 is 0 Å². The fourth-order valence-electron chi connectivity index (χ4n) is 0.896. The zero-order chi connectivity index (χ0) is 9.84. The molecule has 1 rings (SSSR count). The van der Waals surface area contributed by atoms with Crippen LogP contribution in [0.1, 0.15) is 5.56 Å². The van der Waals surface area contributed by atoms with Crippen molar-refractivity contribution in [2.45, 2.75) is 6.92 Å². The largest absolute Gasteiger partial charge is 0.453 e. The lowest BCUT2D eigenvalue weighted by Gasteiger charge is -2.06. The number of carbonyl (C=O) groups is 1. The predicted octanol–water partition coefficient (Wildman–Crippen LogP) is 2.94. The van der Waals surface area contributed by atoms with Crippen molar-refractivity contribution in [1.29, 1.82) is 0 Å². The number of amides is 1. The normalized spacial score (nSPS) is 9.46. The van der Waals surface area contributed by atoms with Gasteiger partial charge in [0.2, 0.25) is 0 Å². The van der Waals surface area contributed by atoms with Crippen LogP contribution in [0.5, 0.6) is 0 Å². The van der Waals surface area contributed by atoms with Crippen molar-refractivity contribution >= 4 is 27.7 Å². The summed E-state index contributed by atoms with van der Waals surface area (Å²) >= 11 is 3.32. The van der Waals surface area contributed by atoms with E-state index in [0.29, 0.717) is 5.69 Å². The monoisotopic (exact) mass is 243 g/mol. The minimum atomic E-state index is -0.466. The van der Waals surface area contributed by atoms with Gasteiger partial charge in [0.1, 0.15) is 0 Å². The molecule has 13 heavy (non-hydrogen) atoms. The molecule has 0 radical (unpaired) electrons. The number of ether oxygens (including phenoxy) is 1. The smallest absolute Gasteiger partial charge is 0.411 e. The van der Waals surface area contributed by atoms with E-state index in [0.717, 1.165) is 10.0 Å². The van der Waals surface area contributed by atoms with Crippen molar-refractivity contribution in [3.63, 3.8) is 0 Å². The van der Waals surface area contributed by atoms with Crippen molar-refractivity contribution < 1.29 is 9.53 Å². The Morgan fingerprint density at radius 3 is 2.85 bits per heavy atom. The van der Waals surface area contributed by atoms with Crippen molar-refractivity contribution in [2.75, 3.05) is 12.4 Å². The first-order valence-corrected chi connectivity index (χ1v) is 4.54. The number of nitrogens with one attached hydrogen (secondary N) is 1. The van der Waals surface area contributed by atoms with Crippen LogP contribution in [0, 0.1) is 6.92 Å². The Morgan fingerprint density at radius 1 is 1.54 bits per heavy atom. The minimum absolute atomic E-state index is 0.466. The van der Waals surface area contributed by atoms with Crippen molar-refractivity contribution in [1.82, 2.24) is 0 Å². The molecule has 0 aliphatic carbocycles. The number of carbonyl (C=O) groups excluding carboxylic acids is 1. The van der Waals surface area contributed by atoms with E-state index in [-0.39, 0.29) is 0 Å². The summed E-state index contributed by atoms with van der Waals surface area (Å²) in [6, 6.07) is 5.69. The van der Waals surface area contributed by atoms with Crippen LogP contribution in [0.3, 0.4) is 0 Å². The van der Waals surface area contributed by atoms with Gasteiger partial charge in [-0.15, -0.1) is 0 Å². The van der Waals surface area contributed by atoms with Gasteiger partial charge in [-0.1, -0.05) is 6.07 Å². The fraction of sp³-hybridized carbons (Fsp3) is 0.222. The van der Waals surface area contributed by atoms with E-state index in [2.05, 4.69) is 26.0 Å². The maximum Gasteiger partial charge on any atom is 0.411 e. The molecule has 0 unspecified atom stereocenters. The summed E-state index contributed by atoms with van der Waals surface area (Å²) in [6.45, 7) is 1.95. The summed E-state index contributed by atoms with van der Waals surface area (Å²) in [4.78, 5) is 10.9. The third-order valence-corrected chi connectivity index (χ3v) is 2.24. The molecule has 1 amide bonds. The number of hydrogen-bond acceptors (Lipinski definition) is 2. The molecule has 1 N–H and O–H groups in total. The number of rotatable bonds is 1. The first-order chi connectivity index (χ1) is 6.13. The van der Waals surface area contributed by atoms with Gasteiger partial charge in [0.15, 0.2) is 0 Å². The molecule has 0 aliphatic rings. The Bertz CT molecular complexity index is 325. The Balaban J connectivity index is 2.87. The standard InChI is InChI=1S/C9H10BrNO2/c1-6-3-4-7(10)8(5-6)11-9(12)13-2/h3-5H,1-2H3,(H,11,12). The van der Waals surface area contributed by atoms with E-state index in [1.165, 1.54) is 7.11 Å². The lowest BCUT2D eigenvalue weighted by Crippen LogP contribution is -2.11. The molecule has 70 valence electrons. The maximum atomic E-state index is 10.9. The fourth-order valence-corrected chi connectivity index (χ4v) is 1.24. The lowest BCUT2D eigenvalue weighted by molar-refractivity contribution is 0.187. The van der Waals surface area contributed by atoms with Crippen LogP contribution < -0.4 is 5.32 Å². The van der Waals surface area contributed by atoms with Crippen molar-refractivity contribution in [3.05, 3.63) is 28.2 Å². The molecule has 1 aromatic carbocycles. The summed E-state index contributed by atoms with van der Waals surface area (Å²) in [5, 5.41) is 2.59. The van der Waals surface area contributed by atoms with Crippen molar-refractivity contribution in [3.8, 4) is 0 Å². The second-order valence-electron chi connectivity index (χ2n) is 2.60. The Morgan fingerprint density at radius 2 is 2.23 bits per heavy atom. The van der Waals surface area contributed by atoms with Gasteiger partial charge in [0, 0.05) is 4.47 Å². The SMILES string of the molecule is COC(=O)Nc1cc(C)ccc1Br. The van der Waals surface area contributed by atoms with Gasteiger partial charge in [-0.05, 0) is 40.5 Å². The molecule has 0 spiro atoms. The molecule has 0 atom stereocenters. The van der Waals surface area contributed by atoms with Gasteiger partial charge in [-0.25, -0.2) is 4.79 Å². The van der Waals surface area contributed by atoms with Crippen LogP contribution >= 0.6 is 15.9 Å². The number of benzene rings is 1.